The van der Waals surface area contributed by atoms with Crippen molar-refractivity contribution in [2.45, 2.75) is 276 Å². The second kappa shape index (κ2) is 44.4. The lowest BCUT2D eigenvalue weighted by Crippen LogP contribution is -2.46. The van der Waals surface area contributed by atoms with Gasteiger partial charge in [0.05, 0.1) is 39.9 Å². The van der Waals surface area contributed by atoms with E-state index in [1.807, 2.05) is 21.1 Å². The molecular formula is C52H105N2O6P. The summed E-state index contributed by atoms with van der Waals surface area (Å²) in [5.41, 5.74) is 0. The summed E-state index contributed by atoms with van der Waals surface area (Å²) in [5.74, 6) is -0.169. The Hall–Kier alpha value is -0.760. The number of likely N-dealkylation sites (N-methyl/N-ethyl adjacent to an activating group) is 1. The maximum Gasteiger partial charge on any atom is 0.268 e. The van der Waals surface area contributed by atoms with Crippen LogP contribution in [0.25, 0.3) is 0 Å². The number of hydrogen-bond acceptors (Lipinski definition) is 6. The molecule has 0 aliphatic heterocycles. The zero-order valence-corrected chi connectivity index (χ0v) is 42.3. The van der Waals surface area contributed by atoms with Crippen LogP contribution in [0.2, 0.25) is 0 Å². The molecule has 0 fully saturated rings. The fraction of sp³-hybridized carbons (Fsp3) is 0.942. The first kappa shape index (κ1) is 60.2. The average Bonchev–Trinajstić information content (AvgIpc) is 3.21. The van der Waals surface area contributed by atoms with Gasteiger partial charge in [-0.15, -0.1) is 0 Å². The summed E-state index contributed by atoms with van der Waals surface area (Å²) in [7, 11) is 1.30. The molecular weight excluding hydrogens is 780 g/mol. The van der Waals surface area contributed by atoms with E-state index < -0.39 is 20.0 Å². The maximum atomic E-state index is 12.9. The Balaban J connectivity index is 4.19. The third-order valence-corrected chi connectivity index (χ3v) is 13.2. The molecule has 9 heteroatoms. The van der Waals surface area contributed by atoms with Crippen LogP contribution in [0.15, 0.2) is 12.2 Å². The Kier molecular flexibility index (Phi) is 43.9. The van der Waals surface area contributed by atoms with Gasteiger partial charge in [0.1, 0.15) is 13.2 Å². The van der Waals surface area contributed by atoms with Crippen LogP contribution in [-0.2, 0) is 18.4 Å². The van der Waals surface area contributed by atoms with Gasteiger partial charge in [-0.3, -0.25) is 9.36 Å². The molecule has 0 heterocycles. The molecule has 0 aromatic rings. The van der Waals surface area contributed by atoms with Crippen molar-refractivity contribution in [1.82, 2.24) is 5.32 Å². The number of aliphatic hydroxyl groups excluding tert-OH is 1. The molecule has 2 N–H and O–H groups in total. The van der Waals surface area contributed by atoms with Crippen molar-refractivity contribution in [3.8, 4) is 0 Å². The molecule has 0 aromatic heterocycles. The van der Waals surface area contributed by atoms with Crippen molar-refractivity contribution >= 4 is 13.7 Å². The van der Waals surface area contributed by atoms with Crippen LogP contribution in [0.4, 0.5) is 0 Å². The Morgan fingerprint density at radius 3 is 1.28 bits per heavy atom. The van der Waals surface area contributed by atoms with Gasteiger partial charge in [-0.2, -0.15) is 0 Å². The predicted octanol–water partition coefficient (Wildman–Crippen LogP) is 14.8. The van der Waals surface area contributed by atoms with Gasteiger partial charge < -0.3 is 28.8 Å². The average molecular weight is 885 g/mol. The maximum absolute atomic E-state index is 12.9. The standard InChI is InChI=1S/C52H105N2O6P/c1-6-8-10-12-14-16-18-20-22-24-25-26-27-28-29-30-32-34-36-38-40-42-44-46-52(56)53-50(49-60-61(57,58)59-48-47-54(3,4)5)51(55)45-43-41-39-37-35-33-31-23-21-19-17-15-13-11-9-7-2/h35,37,50-51,55H,6-34,36,38-49H2,1-5H3,(H-,53,56,57,58)/b37-35+/t50-,51+/m0/s1. The Bertz CT molecular complexity index is 1000. The summed E-state index contributed by atoms with van der Waals surface area (Å²) in [6.45, 7) is 4.73. The molecule has 3 atom stereocenters. The number of amides is 1. The molecule has 61 heavy (non-hydrogen) atoms. The lowest BCUT2D eigenvalue weighted by Gasteiger charge is -2.30. The summed E-state index contributed by atoms with van der Waals surface area (Å²) < 4.78 is 23.3. The van der Waals surface area contributed by atoms with Gasteiger partial charge in [-0.25, -0.2) is 0 Å². The number of hydrogen-bond donors (Lipinski definition) is 2. The molecule has 0 aromatic carbocycles. The van der Waals surface area contributed by atoms with Crippen molar-refractivity contribution in [2.75, 3.05) is 40.9 Å². The second-order valence-corrected chi connectivity index (χ2v) is 21.0. The van der Waals surface area contributed by atoms with Gasteiger partial charge in [-0.1, -0.05) is 231 Å². The van der Waals surface area contributed by atoms with Crippen LogP contribution >= 0.6 is 7.82 Å². The number of allylic oxidation sites excluding steroid dienone is 2. The SMILES string of the molecule is CCCCCCCCCCCC/C=C/CCCC[C@@H](O)[C@H](COP(=O)([O-])OCC[N+](C)(C)C)NC(=O)CCCCCCCCCCCCCCCCCCCCCCCCC. The zero-order chi connectivity index (χ0) is 45.0. The van der Waals surface area contributed by atoms with Crippen molar-refractivity contribution in [1.29, 1.82) is 0 Å². The summed E-state index contributed by atoms with van der Waals surface area (Å²) in [6.07, 6.45) is 52.3. The van der Waals surface area contributed by atoms with E-state index in [2.05, 4.69) is 31.3 Å². The van der Waals surface area contributed by atoms with Crippen LogP contribution in [0, 0.1) is 0 Å². The highest BCUT2D eigenvalue weighted by molar-refractivity contribution is 7.45. The molecule has 8 nitrogen and oxygen atoms in total. The highest BCUT2D eigenvalue weighted by atomic mass is 31.2. The highest BCUT2D eigenvalue weighted by Crippen LogP contribution is 2.38. The third-order valence-electron chi connectivity index (χ3n) is 12.3. The zero-order valence-electron chi connectivity index (χ0n) is 41.4. The number of phosphoric acid groups is 1. The molecule has 0 aliphatic carbocycles. The number of unbranched alkanes of at least 4 members (excludes halogenated alkanes) is 34. The lowest BCUT2D eigenvalue weighted by atomic mass is 10.0. The van der Waals surface area contributed by atoms with Crippen LogP contribution in [-0.4, -0.2) is 68.5 Å². The van der Waals surface area contributed by atoms with E-state index in [4.69, 9.17) is 9.05 Å². The molecule has 0 bridgehead atoms. The van der Waals surface area contributed by atoms with Crippen molar-refractivity contribution in [2.24, 2.45) is 0 Å². The minimum Gasteiger partial charge on any atom is -0.756 e. The van der Waals surface area contributed by atoms with Gasteiger partial charge in [0.15, 0.2) is 0 Å². The number of nitrogens with one attached hydrogen (secondary N) is 1. The van der Waals surface area contributed by atoms with E-state index in [-0.39, 0.29) is 19.1 Å². The van der Waals surface area contributed by atoms with E-state index in [0.29, 0.717) is 23.9 Å². The third kappa shape index (κ3) is 47.0. The molecule has 0 radical (unpaired) electrons. The second-order valence-electron chi connectivity index (χ2n) is 19.6. The summed E-state index contributed by atoms with van der Waals surface area (Å²) in [6, 6.07) is -0.812. The first-order valence-corrected chi connectivity index (χ1v) is 28.0. The number of quaternary nitrogens is 1. The van der Waals surface area contributed by atoms with Crippen LogP contribution in [0.1, 0.15) is 264 Å². The molecule has 1 amide bonds. The molecule has 0 saturated heterocycles. The van der Waals surface area contributed by atoms with Gasteiger partial charge >= 0.3 is 0 Å². The Morgan fingerprint density at radius 2 is 0.902 bits per heavy atom. The molecule has 364 valence electrons. The summed E-state index contributed by atoms with van der Waals surface area (Å²) in [5, 5.41) is 14.0. The van der Waals surface area contributed by atoms with E-state index in [9.17, 15) is 19.4 Å². The van der Waals surface area contributed by atoms with E-state index >= 15 is 0 Å². The first-order chi connectivity index (χ1) is 29.5. The van der Waals surface area contributed by atoms with Gasteiger partial charge in [0.25, 0.3) is 7.82 Å². The minimum atomic E-state index is -4.57. The molecule has 0 saturated carbocycles. The molecule has 0 spiro atoms. The van der Waals surface area contributed by atoms with E-state index in [1.54, 1.807) is 0 Å². The lowest BCUT2D eigenvalue weighted by molar-refractivity contribution is -0.870. The quantitative estimate of drug-likeness (QED) is 0.0273. The van der Waals surface area contributed by atoms with E-state index in [0.717, 1.165) is 44.9 Å². The Labute approximate surface area is 380 Å². The van der Waals surface area contributed by atoms with Crippen LogP contribution < -0.4 is 10.2 Å². The van der Waals surface area contributed by atoms with Crippen molar-refractivity contribution < 1.29 is 32.9 Å². The summed E-state index contributed by atoms with van der Waals surface area (Å²) >= 11 is 0. The number of nitrogens with zero attached hydrogens (tertiary/aromatic N) is 1. The normalized spacial score (nSPS) is 14.1. The number of carbonyl (C=O) groups excluding carboxylic acids is 1. The number of carbonyl (C=O) groups is 1. The smallest absolute Gasteiger partial charge is 0.268 e. The molecule has 1 unspecified atom stereocenters. The molecule has 0 rings (SSSR count). The van der Waals surface area contributed by atoms with Crippen molar-refractivity contribution in [3.05, 3.63) is 12.2 Å². The number of rotatable bonds is 49. The van der Waals surface area contributed by atoms with Gasteiger partial charge in [0.2, 0.25) is 5.91 Å². The first-order valence-electron chi connectivity index (χ1n) is 26.5. The van der Waals surface area contributed by atoms with Gasteiger partial charge in [0, 0.05) is 6.42 Å². The monoisotopic (exact) mass is 885 g/mol. The number of aliphatic hydroxyl groups is 1. The number of phosphoric ester groups is 1. The fourth-order valence-electron chi connectivity index (χ4n) is 8.04. The van der Waals surface area contributed by atoms with Gasteiger partial charge in [-0.05, 0) is 38.5 Å². The summed E-state index contributed by atoms with van der Waals surface area (Å²) in [4.78, 5) is 25.4. The Morgan fingerprint density at radius 1 is 0.557 bits per heavy atom. The molecule has 0 aliphatic rings. The van der Waals surface area contributed by atoms with Crippen LogP contribution in [0.5, 0.6) is 0 Å². The van der Waals surface area contributed by atoms with E-state index in [1.165, 1.54) is 193 Å². The minimum absolute atomic E-state index is 0.0100. The topological polar surface area (TPSA) is 108 Å². The fourth-order valence-corrected chi connectivity index (χ4v) is 8.76. The highest BCUT2D eigenvalue weighted by Gasteiger charge is 2.24. The predicted molar refractivity (Wildman–Crippen MR) is 261 cm³/mol. The van der Waals surface area contributed by atoms with Crippen LogP contribution in [0.3, 0.4) is 0 Å². The largest absolute Gasteiger partial charge is 0.756 e. The van der Waals surface area contributed by atoms with Crippen molar-refractivity contribution in [3.63, 3.8) is 0 Å².